The maximum atomic E-state index is 5.90. The average Bonchev–Trinajstić information content (AvgIpc) is 2.21. The largest absolute Gasteiger partial charge is 0.495 e. The molecule has 1 N–H and O–H groups in total. The summed E-state index contributed by atoms with van der Waals surface area (Å²) in [6, 6.07) is 5.72. The highest BCUT2D eigenvalue weighted by Gasteiger charge is 2.00. The third-order valence-electron chi connectivity index (χ3n) is 2.01. The maximum Gasteiger partial charge on any atom is 0.139 e. The summed E-state index contributed by atoms with van der Waals surface area (Å²) in [5.74, 6) is 0.716. The molecule has 1 aromatic rings. The van der Waals surface area contributed by atoms with Crippen LogP contribution in [0.2, 0.25) is 5.02 Å². The number of nitrogens with one attached hydrogen (secondary N) is 1. The van der Waals surface area contributed by atoms with E-state index in [1.54, 1.807) is 7.11 Å². The highest BCUT2D eigenvalue weighted by molar-refractivity contribution is 6.32. The molecule has 2 nitrogen and oxygen atoms in total. The van der Waals surface area contributed by atoms with Crippen molar-refractivity contribution in [3.05, 3.63) is 23.2 Å². The molecule has 0 atom stereocenters. The zero-order valence-corrected chi connectivity index (χ0v) is 9.40. The van der Waals surface area contributed by atoms with Crippen LogP contribution in [0.5, 0.6) is 5.75 Å². The van der Waals surface area contributed by atoms with Gasteiger partial charge in [0.05, 0.1) is 12.1 Å². The molecule has 3 heteroatoms. The van der Waals surface area contributed by atoms with Gasteiger partial charge in [-0.15, -0.1) is 0 Å². The molecule has 0 aliphatic carbocycles. The Bertz CT molecular complexity index is 289. The number of ether oxygens (including phenoxy) is 1. The highest BCUT2D eigenvalue weighted by Crippen LogP contribution is 2.27. The van der Waals surface area contributed by atoms with Crippen molar-refractivity contribution in [3.8, 4) is 5.75 Å². The maximum absolute atomic E-state index is 5.90. The monoisotopic (exact) mass is 213 g/mol. The average molecular weight is 214 g/mol. The molecular formula is C11H16ClNO. The lowest BCUT2D eigenvalue weighted by molar-refractivity contribution is 0.415. The lowest BCUT2D eigenvalue weighted by atomic mass is 10.3. The number of hydrogen-bond donors (Lipinski definition) is 1. The minimum Gasteiger partial charge on any atom is -0.495 e. The lowest BCUT2D eigenvalue weighted by Gasteiger charge is -2.08. The van der Waals surface area contributed by atoms with Crippen molar-refractivity contribution in [2.24, 2.45) is 0 Å². The molecule has 0 amide bonds. The van der Waals surface area contributed by atoms with Crippen molar-refractivity contribution < 1.29 is 4.74 Å². The fourth-order valence-electron chi connectivity index (χ4n) is 1.18. The van der Waals surface area contributed by atoms with Crippen LogP contribution in [0.25, 0.3) is 0 Å². The Balaban J connectivity index is 2.60. The molecule has 1 rings (SSSR count). The first-order valence-electron chi connectivity index (χ1n) is 4.85. The van der Waals surface area contributed by atoms with Crippen molar-refractivity contribution in [2.45, 2.75) is 19.8 Å². The SMILES string of the molecule is CCCCNc1ccc(Cl)c(OC)c1. The molecule has 0 saturated carbocycles. The van der Waals surface area contributed by atoms with E-state index in [-0.39, 0.29) is 0 Å². The molecule has 0 unspecified atom stereocenters. The van der Waals surface area contributed by atoms with Gasteiger partial charge >= 0.3 is 0 Å². The van der Waals surface area contributed by atoms with E-state index < -0.39 is 0 Å². The van der Waals surface area contributed by atoms with Gasteiger partial charge in [-0.2, -0.15) is 0 Å². The first-order chi connectivity index (χ1) is 6.77. The highest BCUT2D eigenvalue weighted by atomic mass is 35.5. The van der Waals surface area contributed by atoms with Gasteiger partial charge in [-0.1, -0.05) is 24.9 Å². The number of unbranched alkanes of at least 4 members (excludes halogenated alkanes) is 1. The Morgan fingerprint density at radius 1 is 1.43 bits per heavy atom. The van der Waals surface area contributed by atoms with Crippen molar-refractivity contribution in [2.75, 3.05) is 19.0 Å². The zero-order chi connectivity index (χ0) is 10.4. The minimum atomic E-state index is 0.647. The van der Waals surface area contributed by atoms with E-state index in [2.05, 4.69) is 12.2 Å². The number of methoxy groups -OCH3 is 1. The molecule has 0 fully saturated rings. The summed E-state index contributed by atoms with van der Waals surface area (Å²) in [5.41, 5.74) is 1.06. The molecule has 0 aliphatic heterocycles. The summed E-state index contributed by atoms with van der Waals surface area (Å²) in [6.07, 6.45) is 2.36. The summed E-state index contributed by atoms with van der Waals surface area (Å²) in [5, 5.41) is 3.96. The number of halogens is 1. The van der Waals surface area contributed by atoms with Crippen LogP contribution in [0.1, 0.15) is 19.8 Å². The van der Waals surface area contributed by atoms with E-state index in [4.69, 9.17) is 16.3 Å². The van der Waals surface area contributed by atoms with E-state index in [0.29, 0.717) is 10.8 Å². The summed E-state index contributed by atoms with van der Waals surface area (Å²) >= 11 is 5.90. The van der Waals surface area contributed by atoms with Crippen molar-refractivity contribution in [1.29, 1.82) is 0 Å². The zero-order valence-electron chi connectivity index (χ0n) is 8.64. The van der Waals surface area contributed by atoms with Gasteiger partial charge in [0.2, 0.25) is 0 Å². The molecule has 0 spiro atoms. The van der Waals surface area contributed by atoms with Crippen LogP contribution in [0.3, 0.4) is 0 Å². The quantitative estimate of drug-likeness (QED) is 0.756. The molecule has 78 valence electrons. The van der Waals surface area contributed by atoms with Gasteiger partial charge in [-0.3, -0.25) is 0 Å². The van der Waals surface area contributed by atoms with Crippen LogP contribution in [0.4, 0.5) is 5.69 Å². The van der Waals surface area contributed by atoms with Gasteiger partial charge in [-0.05, 0) is 18.6 Å². The Morgan fingerprint density at radius 3 is 2.86 bits per heavy atom. The Hall–Kier alpha value is -0.890. The molecule has 0 aliphatic rings. The predicted molar refractivity (Wildman–Crippen MR) is 61.4 cm³/mol. The van der Waals surface area contributed by atoms with Crippen molar-refractivity contribution in [1.82, 2.24) is 0 Å². The molecule has 0 radical (unpaired) electrons. The number of anilines is 1. The minimum absolute atomic E-state index is 0.647. The molecular weight excluding hydrogens is 198 g/mol. The van der Waals surface area contributed by atoms with E-state index in [1.807, 2.05) is 18.2 Å². The normalized spacial score (nSPS) is 9.93. The molecule has 0 saturated heterocycles. The van der Waals surface area contributed by atoms with Gasteiger partial charge in [0.1, 0.15) is 5.75 Å². The summed E-state index contributed by atoms with van der Waals surface area (Å²) in [7, 11) is 1.62. The Morgan fingerprint density at radius 2 is 2.21 bits per heavy atom. The van der Waals surface area contributed by atoms with Crippen LogP contribution >= 0.6 is 11.6 Å². The van der Waals surface area contributed by atoms with Crippen LogP contribution in [0.15, 0.2) is 18.2 Å². The van der Waals surface area contributed by atoms with Crippen LogP contribution < -0.4 is 10.1 Å². The van der Waals surface area contributed by atoms with Crippen molar-refractivity contribution in [3.63, 3.8) is 0 Å². The van der Waals surface area contributed by atoms with Gasteiger partial charge in [0.15, 0.2) is 0 Å². The standard InChI is InChI=1S/C11H16ClNO/c1-3-4-7-13-9-5-6-10(12)11(8-9)14-2/h5-6,8,13H,3-4,7H2,1-2H3. The molecule has 0 aromatic heterocycles. The molecule has 14 heavy (non-hydrogen) atoms. The first kappa shape index (κ1) is 11.2. The summed E-state index contributed by atoms with van der Waals surface area (Å²) in [6.45, 7) is 3.16. The second kappa shape index (κ2) is 5.76. The fourth-order valence-corrected chi connectivity index (χ4v) is 1.37. The van der Waals surface area contributed by atoms with Crippen LogP contribution in [-0.4, -0.2) is 13.7 Å². The smallest absolute Gasteiger partial charge is 0.139 e. The van der Waals surface area contributed by atoms with Gasteiger partial charge in [0.25, 0.3) is 0 Å². The van der Waals surface area contributed by atoms with E-state index in [1.165, 1.54) is 12.8 Å². The number of benzene rings is 1. The van der Waals surface area contributed by atoms with Gasteiger partial charge in [0, 0.05) is 18.3 Å². The third kappa shape index (κ3) is 3.11. The second-order valence-electron chi connectivity index (χ2n) is 3.13. The first-order valence-corrected chi connectivity index (χ1v) is 5.23. The number of rotatable bonds is 5. The van der Waals surface area contributed by atoms with Gasteiger partial charge in [-0.25, -0.2) is 0 Å². The topological polar surface area (TPSA) is 21.3 Å². The predicted octanol–water partition coefficient (Wildman–Crippen LogP) is 3.56. The molecule has 1 aromatic carbocycles. The Kier molecular flexibility index (Phi) is 4.60. The lowest BCUT2D eigenvalue weighted by Crippen LogP contribution is -2.00. The summed E-state index contributed by atoms with van der Waals surface area (Å²) < 4.78 is 5.12. The van der Waals surface area contributed by atoms with E-state index in [0.717, 1.165) is 12.2 Å². The van der Waals surface area contributed by atoms with E-state index in [9.17, 15) is 0 Å². The molecule has 0 bridgehead atoms. The van der Waals surface area contributed by atoms with Crippen LogP contribution in [0, 0.1) is 0 Å². The van der Waals surface area contributed by atoms with Gasteiger partial charge < -0.3 is 10.1 Å². The van der Waals surface area contributed by atoms with Crippen LogP contribution in [-0.2, 0) is 0 Å². The second-order valence-corrected chi connectivity index (χ2v) is 3.54. The van der Waals surface area contributed by atoms with E-state index >= 15 is 0 Å². The van der Waals surface area contributed by atoms with Crippen molar-refractivity contribution >= 4 is 17.3 Å². The fraction of sp³-hybridized carbons (Fsp3) is 0.455. The summed E-state index contributed by atoms with van der Waals surface area (Å²) in [4.78, 5) is 0. The molecule has 0 heterocycles. The number of hydrogen-bond acceptors (Lipinski definition) is 2. The third-order valence-corrected chi connectivity index (χ3v) is 2.32. The Labute approximate surface area is 90.2 Å².